The highest BCUT2D eigenvalue weighted by Gasteiger charge is 2.27. The largest absolute Gasteiger partial charge is 0.456 e. The first-order chi connectivity index (χ1) is 15.2. The van der Waals surface area contributed by atoms with Crippen LogP contribution in [-0.2, 0) is 16.1 Å². The Bertz CT molecular complexity index is 1200. The molecule has 3 N–H and O–H groups in total. The number of hydrogen-bond acceptors (Lipinski definition) is 8. The summed E-state index contributed by atoms with van der Waals surface area (Å²) in [6, 6.07) is 9.63. The zero-order chi connectivity index (χ0) is 23.4. The third-order valence-electron chi connectivity index (χ3n) is 4.64. The Morgan fingerprint density at radius 3 is 2.59 bits per heavy atom. The van der Waals surface area contributed by atoms with Crippen molar-refractivity contribution < 1.29 is 19.2 Å². The molecule has 1 aromatic heterocycles. The van der Waals surface area contributed by atoms with Gasteiger partial charge in [0, 0.05) is 17.5 Å². The van der Waals surface area contributed by atoms with E-state index in [0.29, 0.717) is 10.9 Å². The van der Waals surface area contributed by atoms with Gasteiger partial charge in [-0.15, -0.1) is 0 Å². The predicted molar refractivity (Wildman–Crippen MR) is 118 cm³/mol. The molecule has 0 saturated carbocycles. The zero-order valence-electron chi connectivity index (χ0n) is 17.2. The van der Waals surface area contributed by atoms with Crippen LogP contribution in [0.25, 0.3) is 10.9 Å². The number of nitrogens with two attached hydrogens (primary N) is 1. The van der Waals surface area contributed by atoms with Gasteiger partial charge in [0.2, 0.25) is 0 Å². The summed E-state index contributed by atoms with van der Waals surface area (Å²) in [5.74, 6) is -1.18. The highest BCUT2D eigenvalue weighted by Crippen LogP contribution is 2.23. The number of para-hydroxylation sites is 1. The third kappa shape index (κ3) is 5.09. The molecule has 0 saturated heterocycles. The lowest BCUT2D eigenvalue weighted by molar-refractivity contribution is -0.384. The van der Waals surface area contributed by atoms with Crippen molar-refractivity contribution in [3.63, 3.8) is 0 Å². The lowest BCUT2D eigenvalue weighted by Crippen LogP contribution is -2.45. The lowest BCUT2D eigenvalue weighted by atomic mass is 10.0. The fraction of sp³-hybridized carbons (Fsp3) is 0.238. The van der Waals surface area contributed by atoms with E-state index in [0.717, 1.165) is 12.1 Å². The van der Waals surface area contributed by atoms with Crippen LogP contribution in [0.2, 0.25) is 5.02 Å². The Kier molecular flexibility index (Phi) is 6.84. The zero-order valence-corrected chi connectivity index (χ0v) is 18.0. The molecule has 0 fully saturated rings. The number of nitro groups is 1. The number of hydrogen-bond donors (Lipinski definition) is 2. The van der Waals surface area contributed by atoms with Crippen molar-refractivity contribution in [2.45, 2.75) is 26.5 Å². The summed E-state index contributed by atoms with van der Waals surface area (Å²) in [4.78, 5) is 44.0. The smallest absolute Gasteiger partial charge is 0.329 e. The molecule has 3 rings (SSSR count). The van der Waals surface area contributed by atoms with Crippen molar-refractivity contribution >= 4 is 45.9 Å². The number of ether oxygens (including phenoxy) is 1. The molecule has 0 spiro atoms. The first-order valence-corrected chi connectivity index (χ1v) is 9.97. The van der Waals surface area contributed by atoms with Crippen molar-refractivity contribution in [1.29, 1.82) is 0 Å². The van der Waals surface area contributed by atoms with Crippen LogP contribution in [0.4, 0.5) is 11.5 Å². The normalized spacial score (nSPS) is 11.9. The monoisotopic (exact) mass is 457 g/mol. The number of nitro benzene ring substituents is 1. The molecule has 0 aliphatic carbocycles. The second-order valence-corrected chi connectivity index (χ2v) is 7.67. The highest BCUT2D eigenvalue weighted by atomic mass is 35.5. The third-order valence-corrected chi connectivity index (χ3v) is 4.95. The van der Waals surface area contributed by atoms with Crippen molar-refractivity contribution in [3.8, 4) is 0 Å². The summed E-state index contributed by atoms with van der Waals surface area (Å²) in [6.45, 7) is 3.23. The number of non-ortho nitro benzene ring substituents is 1. The molecule has 10 nitrogen and oxygen atoms in total. The summed E-state index contributed by atoms with van der Waals surface area (Å²) in [5, 5.41) is 14.0. The summed E-state index contributed by atoms with van der Waals surface area (Å²) in [5.41, 5.74) is 6.31. The number of nitrogen functional groups attached to an aromatic ring is 1. The molecule has 32 heavy (non-hydrogen) atoms. The van der Waals surface area contributed by atoms with E-state index >= 15 is 0 Å². The van der Waals surface area contributed by atoms with Gasteiger partial charge in [0.05, 0.1) is 21.0 Å². The number of carbonyl (C=O) groups excluding carboxylic acids is 2. The average molecular weight is 458 g/mol. The van der Waals surface area contributed by atoms with E-state index in [1.54, 1.807) is 32.0 Å². The van der Waals surface area contributed by atoms with Gasteiger partial charge in [-0.3, -0.25) is 14.9 Å². The van der Waals surface area contributed by atoms with Crippen molar-refractivity contribution in [2.24, 2.45) is 5.92 Å². The molecule has 0 unspecified atom stereocenters. The van der Waals surface area contributed by atoms with Gasteiger partial charge >= 0.3 is 5.97 Å². The van der Waals surface area contributed by atoms with Gasteiger partial charge in [0.15, 0.2) is 12.4 Å². The van der Waals surface area contributed by atoms with Gasteiger partial charge in [0.1, 0.15) is 11.9 Å². The SMILES string of the molecule is CC(C)[C@H](NC(=O)c1ccc([N+](=O)[O-])cc1Cl)C(=O)OCc1nc(N)c2ccccc2n1. The van der Waals surface area contributed by atoms with Crippen molar-refractivity contribution in [3.05, 3.63) is 69.0 Å². The van der Waals surface area contributed by atoms with Crippen LogP contribution in [-0.4, -0.2) is 32.8 Å². The van der Waals surface area contributed by atoms with Gasteiger partial charge in [-0.25, -0.2) is 14.8 Å². The van der Waals surface area contributed by atoms with Crippen LogP contribution in [0.3, 0.4) is 0 Å². The van der Waals surface area contributed by atoms with Crippen LogP contribution in [0.15, 0.2) is 42.5 Å². The van der Waals surface area contributed by atoms with Crippen LogP contribution in [0.5, 0.6) is 0 Å². The van der Waals surface area contributed by atoms with Gasteiger partial charge in [-0.2, -0.15) is 0 Å². The molecule has 1 atom stereocenters. The van der Waals surface area contributed by atoms with E-state index in [-0.39, 0.29) is 40.4 Å². The fourth-order valence-corrected chi connectivity index (χ4v) is 3.22. The van der Waals surface area contributed by atoms with Crippen LogP contribution in [0, 0.1) is 16.0 Å². The summed E-state index contributed by atoms with van der Waals surface area (Å²) < 4.78 is 5.32. The molecule has 11 heteroatoms. The summed E-state index contributed by atoms with van der Waals surface area (Å²) >= 11 is 6.00. The summed E-state index contributed by atoms with van der Waals surface area (Å²) in [7, 11) is 0. The van der Waals surface area contributed by atoms with Crippen molar-refractivity contribution in [2.75, 3.05) is 5.73 Å². The Labute approximate surface area is 187 Å². The molecule has 0 aliphatic rings. The van der Waals surface area contributed by atoms with Gasteiger partial charge in [-0.1, -0.05) is 37.6 Å². The number of benzene rings is 2. The minimum Gasteiger partial charge on any atom is -0.456 e. The van der Waals surface area contributed by atoms with E-state index in [1.165, 1.54) is 6.07 Å². The minimum atomic E-state index is -0.994. The number of carbonyl (C=O) groups is 2. The summed E-state index contributed by atoms with van der Waals surface area (Å²) in [6.07, 6.45) is 0. The Balaban J connectivity index is 1.71. The molecule has 0 bridgehead atoms. The van der Waals surface area contributed by atoms with Gasteiger partial charge < -0.3 is 15.8 Å². The van der Waals surface area contributed by atoms with Gasteiger partial charge in [-0.05, 0) is 24.1 Å². The van der Waals surface area contributed by atoms with Gasteiger partial charge in [0.25, 0.3) is 11.6 Å². The number of nitrogens with zero attached hydrogens (tertiary/aromatic N) is 3. The maximum Gasteiger partial charge on any atom is 0.329 e. The number of fused-ring (bicyclic) bond motifs is 1. The van der Waals surface area contributed by atoms with E-state index in [4.69, 9.17) is 22.1 Å². The number of aromatic nitrogens is 2. The fourth-order valence-electron chi connectivity index (χ4n) is 2.96. The van der Waals surface area contributed by atoms with E-state index in [1.807, 2.05) is 6.07 Å². The van der Waals surface area contributed by atoms with Crippen LogP contribution >= 0.6 is 11.6 Å². The van der Waals surface area contributed by atoms with Crippen LogP contribution < -0.4 is 11.1 Å². The maximum atomic E-state index is 12.7. The van der Waals surface area contributed by atoms with Crippen molar-refractivity contribution in [1.82, 2.24) is 15.3 Å². The minimum absolute atomic E-state index is 0.00125. The Hall–Kier alpha value is -3.79. The molecule has 0 radical (unpaired) electrons. The predicted octanol–water partition coefficient (Wildman–Crippen LogP) is 3.27. The van der Waals surface area contributed by atoms with E-state index in [2.05, 4.69) is 15.3 Å². The number of anilines is 1. The molecule has 166 valence electrons. The highest BCUT2D eigenvalue weighted by molar-refractivity contribution is 6.34. The second-order valence-electron chi connectivity index (χ2n) is 7.27. The van der Waals surface area contributed by atoms with E-state index < -0.39 is 22.8 Å². The molecule has 0 aliphatic heterocycles. The first kappa shape index (κ1) is 22.9. The molecular weight excluding hydrogens is 438 g/mol. The maximum absolute atomic E-state index is 12.7. The number of halogens is 1. The average Bonchev–Trinajstić information content (AvgIpc) is 2.75. The van der Waals surface area contributed by atoms with E-state index in [9.17, 15) is 19.7 Å². The molecule has 3 aromatic rings. The Morgan fingerprint density at radius 2 is 1.94 bits per heavy atom. The topological polar surface area (TPSA) is 150 Å². The number of rotatable bonds is 7. The second kappa shape index (κ2) is 9.56. The molecule has 1 amide bonds. The standard InChI is InChI=1S/C21H20ClN5O5/c1-11(2)18(26-20(28)13-8-7-12(27(30)31)9-15(13)22)21(29)32-10-17-24-16-6-4-3-5-14(16)19(23)25-17/h3-9,11,18H,10H2,1-2H3,(H,26,28)(H2,23,24,25)/t18-/m0/s1. The van der Waals surface area contributed by atoms with Crippen LogP contribution in [0.1, 0.15) is 30.0 Å². The number of nitrogens with one attached hydrogen (secondary N) is 1. The quantitative estimate of drug-likeness (QED) is 0.311. The number of amides is 1. The lowest BCUT2D eigenvalue weighted by Gasteiger charge is -2.21. The molecule has 2 aromatic carbocycles. The Morgan fingerprint density at radius 1 is 1.22 bits per heavy atom. The first-order valence-electron chi connectivity index (χ1n) is 9.60. The molecular formula is C21H20ClN5O5. The molecule has 1 heterocycles. The number of esters is 1.